The quantitative estimate of drug-likeness (QED) is 0.562. The van der Waals surface area contributed by atoms with Gasteiger partial charge in [-0.3, -0.25) is 4.79 Å². The van der Waals surface area contributed by atoms with E-state index in [1.54, 1.807) is 0 Å². The van der Waals surface area contributed by atoms with Gasteiger partial charge in [0.1, 0.15) is 0 Å². The minimum absolute atomic E-state index is 0.466. The number of carbonyl (C=O) groups excluding carboxylic acids is 1. The number of epoxide rings is 1. The molecule has 3 nitrogen and oxygen atoms in total. The first-order chi connectivity index (χ1) is 5.86. The molecule has 13 heavy (non-hydrogen) atoms. The minimum Gasteiger partial charge on any atom is -0.367 e. The van der Waals surface area contributed by atoms with E-state index < -0.39 is 20.9 Å². The molecule has 6 heteroatoms. The van der Waals surface area contributed by atoms with Crippen LogP contribution >= 0.6 is 34.8 Å². The molecule has 2 N–H and O–H groups in total. The standard InChI is InChI=1S/C7H8Cl3NO2/c8-5(9)2-1-3-6(10)7(5,13-6)4(11)12/h1-3H2,(H2,11,12)/t6-,7-/m0/s1. The molecule has 0 aromatic rings. The largest absolute Gasteiger partial charge is 0.367 e. The lowest BCUT2D eigenvalue weighted by atomic mass is 9.87. The predicted molar refractivity (Wildman–Crippen MR) is 49.9 cm³/mol. The molecule has 1 heterocycles. The number of hydrogen-bond acceptors (Lipinski definition) is 2. The van der Waals surface area contributed by atoms with Crippen molar-refractivity contribution in [2.45, 2.75) is 34.3 Å². The topological polar surface area (TPSA) is 55.6 Å². The number of primary amides is 1. The van der Waals surface area contributed by atoms with E-state index in [-0.39, 0.29) is 0 Å². The zero-order chi connectivity index (χ0) is 9.91. The van der Waals surface area contributed by atoms with E-state index >= 15 is 0 Å². The van der Waals surface area contributed by atoms with Crippen molar-refractivity contribution in [3.05, 3.63) is 0 Å². The third kappa shape index (κ3) is 0.990. The van der Waals surface area contributed by atoms with E-state index in [1.807, 2.05) is 0 Å². The van der Waals surface area contributed by atoms with Crippen LogP contribution in [0.4, 0.5) is 0 Å². The number of nitrogens with two attached hydrogens (primary N) is 1. The monoisotopic (exact) mass is 243 g/mol. The van der Waals surface area contributed by atoms with Gasteiger partial charge in [0.25, 0.3) is 5.91 Å². The average molecular weight is 245 g/mol. The van der Waals surface area contributed by atoms with Gasteiger partial charge in [0, 0.05) is 0 Å². The van der Waals surface area contributed by atoms with Crippen molar-refractivity contribution in [2.24, 2.45) is 5.73 Å². The third-order valence-corrected chi connectivity index (χ3v) is 4.09. The molecular formula is C7H8Cl3NO2. The van der Waals surface area contributed by atoms with Crippen LogP contribution in [0.5, 0.6) is 0 Å². The molecule has 2 rings (SSSR count). The maximum absolute atomic E-state index is 11.2. The molecule has 0 aromatic carbocycles. The highest BCUT2D eigenvalue weighted by molar-refractivity contribution is 6.52. The Kier molecular flexibility index (Phi) is 1.86. The number of halogens is 3. The normalized spacial score (nSPS) is 46.7. The lowest BCUT2D eigenvalue weighted by molar-refractivity contribution is -0.123. The first kappa shape index (κ1) is 9.84. The van der Waals surface area contributed by atoms with Crippen molar-refractivity contribution < 1.29 is 9.53 Å². The minimum atomic E-state index is -1.39. The van der Waals surface area contributed by atoms with E-state index in [2.05, 4.69) is 0 Å². The molecule has 1 aliphatic carbocycles. The summed E-state index contributed by atoms with van der Waals surface area (Å²) in [5, 5.41) is -1.07. The third-order valence-electron chi connectivity index (χ3n) is 2.65. The van der Waals surface area contributed by atoms with Gasteiger partial charge in [-0.2, -0.15) is 0 Å². The van der Waals surface area contributed by atoms with Crippen LogP contribution in [-0.2, 0) is 9.53 Å². The van der Waals surface area contributed by atoms with Crippen molar-refractivity contribution in [3.63, 3.8) is 0 Å². The fraction of sp³-hybridized carbons (Fsp3) is 0.857. The van der Waals surface area contributed by atoms with E-state index in [1.165, 1.54) is 0 Å². The van der Waals surface area contributed by atoms with Crippen LogP contribution in [-0.4, -0.2) is 20.9 Å². The van der Waals surface area contributed by atoms with Crippen molar-refractivity contribution in [1.82, 2.24) is 0 Å². The number of carbonyl (C=O) groups is 1. The number of fused-ring (bicyclic) bond motifs is 1. The zero-order valence-electron chi connectivity index (χ0n) is 6.65. The number of amides is 1. The Labute approximate surface area is 90.4 Å². The number of ether oxygens (including phenoxy) is 1. The Morgan fingerprint density at radius 3 is 2.31 bits per heavy atom. The van der Waals surface area contributed by atoms with Crippen molar-refractivity contribution in [3.8, 4) is 0 Å². The molecule has 0 aromatic heterocycles. The molecule has 2 aliphatic rings. The predicted octanol–water partition coefficient (Wildman–Crippen LogP) is 1.53. The van der Waals surface area contributed by atoms with Gasteiger partial charge in [0.2, 0.25) is 5.60 Å². The Bertz CT molecular complexity index is 283. The molecule has 1 aliphatic heterocycles. The number of rotatable bonds is 1. The Balaban J connectivity index is 2.41. The van der Waals surface area contributed by atoms with Gasteiger partial charge in [0.15, 0.2) is 9.39 Å². The highest BCUT2D eigenvalue weighted by atomic mass is 35.5. The van der Waals surface area contributed by atoms with Gasteiger partial charge in [-0.15, -0.1) is 0 Å². The van der Waals surface area contributed by atoms with E-state index in [4.69, 9.17) is 45.3 Å². The molecule has 1 saturated carbocycles. The lowest BCUT2D eigenvalue weighted by Crippen LogP contribution is -2.52. The summed E-state index contributed by atoms with van der Waals surface area (Å²) in [5.74, 6) is -0.688. The fourth-order valence-electron chi connectivity index (χ4n) is 1.92. The van der Waals surface area contributed by atoms with Gasteiger partial charge in [-0.1, -0.05) is 34.8 Å². The second-order valence-corrected chi connectivity index (χ2v) is 5.53. The number of alkyl halides is 3. The SMILES string of the molecule is NC(=O)[C@@]12O[C@@]1(Cl)CCCC2(Cl)Cl. The second kappa shape index (κ2) is 2.45. The summed E-state index contributed by atoms with van der Waals surface area (Å²) in [4.78, 5) is 11.2. The summed E-state index contributed by atoms with van der Waals surface area (Å²) in [6, 6.07) is 0. The van der Waals surface area contributed by atoms with Crippen LogP contribution in [0.1, 0.15) is 19.3 Å². The Morgan fingerprint density at radius 1 is 1.31 bits per heavy atom. The van der Waals surface area contributed by atoms with Gasteiger partial charge in [-0.25, -0.2) is 0 Å². The van der Waals surface area contributed by atoms with E-state index in [9.17, 15) is 4.79 Å². The van der Waals surface area contributed by atoms with Crippen molar-refractivity contribution >= 4 is 40.7 Å². The molecule has 1 saturated heterocycles. The molecule has 0 radical (unpaired) electrons. The summed E-state index contributed by atoms with van der Waals surface area (Å²) >= 11 is 17.9. The van der Waals surface area contributed by atoms with Crippen LogP contribution in [0.2, 0.25) is 0 Å². The van der Waals surface area contributed by atoms with Crippen LogP contribution in [0.25, 0.3) is 0 Å². The summed E-state index contributed by atoms with van der Waals surface area (Å²) in [6.07, 6.45) is 1.75. The van der Waals surface area contributed by atoms with Gasteiger partial charge in [-0.05, 0) is 19.3 Å². The van der Waals surface area contributed by atoms with Crippen LogP contribution in [0, 0.1) is 0 Å². The zero-order valence-corrected chi connectivity index (χ0v) is 8.92. The highest BCUT2D eigenvalue weighted by Crippen LogP contribution is 2.67. The second-order valence-electron chi connectivity index (χ2n) is 3.43. The van der Waals surface area contributed by atoms with Gasteiger partial charge in [0.05, 0.1) is 0 Å². The molecule has 0 bridgehead atoms. The summed E-state index contributed by atoms with van der Waals surface area (Å²) in [5.41, 5.74) is 3.80. The molecule has 2 fully saturated rings. The van der Waals surface area contributed by atoms with Crippen molar-refractivity contribution in [1.29, 1.82) is 0 Å². The summed E-state index contributed by atoms with van der Waals surface area (Å²) in [7, 11) is 0. The average Bonchev–Trinajstić information content (AvgIpc) is 2.58. The maximum atomic E-state index is 11.2. The van der Waals surface area contributed by atoms with Gasteiger partial charge < -0.3 is 10.5 Å². The first-order valence-corrected chi connectivity index (χ1v) is 5.06. The highest BCUT2D eigenvalue weighted by Gasteiger charge is 2.83. The molecule has 2 atom stereocenters. The van der Waals surface area contributed by atoms with Crippen molar-refractivity contribution in [2.75, 3.05) is 0 Å². The summed E-state index contributed by atoms with van der Waals surface area (Å²) < 4.78 is 3.86. The first-order valence-electron chi connectivity index (χ1n) is 3.93. The Hall–Kier alpha value is 0.300. The molecule has 74 valence electrons. The fourth-order valence-corrected chi connectivity index (χ4v) is 3.36. The Morgan fingerprint density at radius 2 is 1.92 bits per heavy atom. The van der Waals surface area contributed by atoms with E-state index in [0.29, 0.717) is 12.8 Å². The molecule has 1 amide bonds. The van der Waals surface area contributed by atoms with Crippen LogP contribution in [0.3, 0.4) is 0 Å². The number of hydrogen-bond donors (Lipinski definition) is 1. The molecule has 0 spiro atoms. The molecular weight excluding hydrogens is 236 g/mol. The van der Waals surface area contributed by atoms with Gasteiger partial charge >= 0.3 is 0 Å². The maximum Gasteiger partial charge on any atom is 0.257 e. The summed E-state index contributed by atoms with van der Waals surface area (Å²) in [6.45, 7) is 0. The van der Waals surface area contributed by atoms with E-state index in [0.717, 1.165) is 6.42 Å². The van der Waals surface area contributed by atoms with Crippen LogP contribution < -0.4 is 5.73 Å². The molecule has 0 unspecified atom stereocenters. The van der Waals surface area contributed by atoms with Crippen LogP contribution in [0.15, 0.2) is 0 Å². The lowest BCUT2D eigenvalue weighted by Gasteiger charge is -2.30. The smallest absolute Gasteiger partial charge is 0.257 e.